The molecule has 1 aromatic heterocycles. The van der Waals surface area contributed by atoms with Gasteiger partial charge < -0.3 is 9.88 Å². The van der Waals surface area contributed by atoms with E-state index < -0.39 is 17.3 Å². The highest BCUT2D eigenvalue weighted by Crippen LogP contribution is 2.39. The zero-order valence-corrected chi connectivity index (χ0v) is 14.7. The largest absolute Gasteiger partial charge is 0.312 e. The fraction of sp³-hybridized carbons (Fsp3) is 0.312. The van der Waals surface area contributed by atoms with E-state index in [-0.39, 0.29) is 28.5 Å². The van der Waals surface area contributed by atoms with Gasteiger partial charge in [0.25, 0.3) is 5.56 Å². The van der Waals surface area contributed by atoms with E-state index in [0.29, 0.717) is 11.0 Å². The van der Waals surface area contributed by atoms with Gasteiger partial charge in [-0.3, -0.25) is 9.59 Å². The van der Waals surface area contributed by atoms with Gasteiger partial charge in [0.1, 0.15) is 11.6 Å². The van der Waals surface area contributed by atoms with E-state index >= 15 is 0 Å². The average molecular weight is 368 g/mol. The van der Waals surface area contributed by atoms with Gasteiger partial charge in [-0.25, -0.2) is 4.39 Å². The van der Waals surface area contributed by atoms with Crippen LogP contribution in [-0.4, -0.2) is 21.2 Å². The Bertz CT molecular complexity index is 864. The Kier molecular flexibility index (Phi) is 4.64. The second kappa shape index (κ2) is 6.57. The molecule has 1 aliphatic heterocycles. The van der Waals surface area contributed by atoms with Crippen LogP contribution in [0.1, 0.15) is 30.4 Å². The maximum atomic E-state index is 14.3. The van der Waals surface area contributed by atoms with Crippen LogP contribution in [0.4, 0.5) is 10.2 Å². The molecule has 1 aliphatic rings. The van der Waals surface area contributed by atoms with Gasteiger partial charge in [-0.1, -0.05) is 36.4 Å². The molecule has 8 heteroatoms. The number of fused-ring (bicyclic) bond motifs is 1. The standard InChI is InChI=1S/C16H15ClFN3O2S/c1-3-24-16-20-15(23)13-8(7-11(22)19-14(13)21(16)2)12-9(17)5-4-6-10(12)18/h4-6,8H,3,7H2,1-2H3,(H,19,22). The molecule has 0 radical (unpaired) electrons. The summed E-state index contributed by atoms with van der Waals surface area (Å²) < 4.78 is 16.0. The van der Waals surface area contributed by atoms with Crippen molar-refractivity contribution in [3.63, 3.8) is 0 Å². The summed E-state index contributed by atoms with van der Waals surface area (Å²) in [6.45, 7) is 1.94. The molecule has 0 saturated heterocycles. The van der Waals surface area contributed by atoms with Crippen molar-refractivity contribution in [2.45, 2.75) is 24.4 Å². The number of hydrogen-bond acceptors (Lipinski definition) is 4. The molecule has 24 heavy (non-hydrogen) atoms. The Labute approximate surface area is 147 Å². The molecule has 5 nitrogen and oxygen atoms in total. The molecular formula is C16H15ClFN3O2S. The van der Waals surface area contributed by atoms with Crippen LogP contribution in [0.15, 0.2) is 28.2 Å². The molecule has 1 N–H and O–H groups in total. The molecular weight excluding hydrogens is 353 g/mol. The van der Waals surface area contributed by atoms with E-state index in [0.717, 1.165) is 5.75 Å². The van der Waals surface area contributed by atoms with E-state index in [4.69, 9.17) is 11.6 Å². The minimum Gasteiger partial charge on any atom is -0.312 e. The van der Waals surface area contributed by atoms with Gasteiger partial charge in [0.15, 0.2) is 5.16 Å². The molecule has 1 amide bonds. The number of carbonyl (C=O) groups is 1. The van der Waals surface area contributed by atoms with Crippen LogP contribution < -0.4 is 10.9 Å². The van der Waals surface area contributed by atoms with Gasteiger partial charge in [-0.2, -0.15) is 4.98 Å². The first-order valence-corrected chi connectivity index (χ1v) is 8.77. The van der Waals surface area contributed by atoms with Crippen molar-refractivity contribution >= 4 is 35.1 Å². The molecule has 0 aliphatic carbocycles. The lowest BCUT2D eigenvalue weighted by molar-refractivity contribution is -0.116. The molecule has 126 valence electrons. The number of halogens is 2. The van der Waals surface area contributed by atoms with Crippen LogP contribution in [0.2, 0.25) is 5.02 Å². The number of thioether (sulfide) groups is 1. The van der Waals surface area contributed by atoms with Crippen LogP contribution in [0.5, 0.6) is 0 Å². The normalized spacial score (nSPS) is 16.7. The summed E-state index contributed by atoms with van der Waals surface area (Å²) in [7, 11) is 1.72. The number of nitrogens with zero attached hydrogens (tertiary/aromatic N) is 2. The first kappa shape index (κ1) is 17.0. The van der Waals surface area contributed by atoms with Gasteiger partial charge in [-0.15, -0.1) is 0 Å². The molecule has 2 heterocycles. The molecule has 1 aromatic carbocycles. The number of aromatic nitrogens is 2. The molecule has 0 bridgehead atoms. The van der Waals surface area contributed by atoms with E-state index in [9.17, 15) is 14.0 Å². The second-order valence-corrected chi connectivity index (χ2v) is 7.03. The monoisotopic (exact) mass is 367 g/mol. The van der Waals surface area contributed by atoms with Crippen molar-refractivity contribution in [3.8, 4) is 0 Å². The molecule has 3 rings (SSSR count). The Balaban J connectivity index is 2.26. The maximum absolute atomic E-state index is 14.3. The lowest BCUT2D eigenvalue weighted by Crippen LogP contribution is -2.34. The third-order valence-electron chi connectivity index (χ3n) is 3.92. The van der Waals surface area contributed by atoms with Gasteiger partial charge in [0.2, 0.25) is 5.91 Å². The topological polar surface area (TPSA) is 64.0 Å². The first-order valence-electron chi connectivity index (χ1n) is 7.41. The van der Waals surface area contributed by atoms with E-state index in [1.54, 1.807) is 17.7 Å². The minimum atomic E-state index is -0.755. The number of carbonyl (C=O) groups excluding carboxylic acids is 1. The number of amides is 1. The van der Waals surface area contributed by atoms with Gasteiger partial charge in [-0.05, 0) is 17.9 Å². The SMILES string of the molecule is CCSc1nc(=O)c2c(n1C)NC(=O)CC2c1c(F)cccc1Cl. The Morgan fingerprint density at radius 2 is 2.17 bits per heavy atom. The van der Waals surface area contributed by atoms with Crippen LogP contribution in [0.3, 0.4) is 0 Å². The zero-order chi connectivity index (χ0) is 17.4. The Morgan fingerprint density at radius 3 is 2.83 bits per heavy atom. The van der Waals surface area contributed by atoms with Crippen LogP contribution in [0, 0.1) is 5.82 Å². The van der Waals surface area contributed by atoms with Crippen molar-refractivity contribution in [1.29, 1.82) is 0 Å². The molecule has 0 fully saturated rings. The predicted octanol–water partition coefficient (Wildman–Crippen LogP) is 3.16. The van der Waals surface area contributed by atoms with Crippen LogP contribution in [0.25, 0.3) is 0 Å². The fourth-order valence-corrected chi connectivity index (χ4v) is 3.87. The average Bonchev–Trinajstić information content (AvgIpc) is 2.52. The van der Waals surface area contributed by atoms with Crippen molar-refractivity contribution in [2.24, 2.45) is 7.05 Å². The number of benzene rings is 1. The molecule has 0 spiro atoms. The number of anilines is 1. The summed E-state index contributed by atoms with van der Waals surface area (Å²) in [5, 5.41) is 3.40. The van der Waals surface area contributed by atoms with E-state index in [2.05, 4.69) is 10.3 Å². The molecule has 1 unspecified atom stereocenters. The van der Waals surface area contributed by atoms with E-state index in [1.165, 1.54) is 23.9 Å². The van der Waals surface area contributed by atoms with Gasteiger partial charge in [0, 0.05) is 30.0 Å². The number of rotatable bonds is 3. The third kappa shape index (κ3) is 2.82. The number of hydrogen-bond donors (Lipinski definition) is 1. The summed E-state index contributed by atoms with van der Waals surface area (Å²) >= 11 is 7.54. The summed E-state index contributed by atoms with van der Waals surface area (Å²) in [5.74, 6) is -0.501. The lowest BCUT2D eigenvalue weighted by atomic mass is 9.86. The molecule has 0 saturated carbocycles. The van der Waals surface area contributed by atoms with Crippen LogP contribution >= 0.6 is 23.4 Å². The molecule has 1 atom stereocenters. The van der Waals surface area contributed by atoms with Crippen molar-refractivity contribution < 1.29 is 9.18 Å². The zero-order valence-electron chi connectivity index (χ0n) is 13.1. The highest BCUT2D eigenvalue weighted by molar-refractivity contribution is 7.99. The smallest absolute Gasteiger partial charge is 0.279 e. The van der Waals surface area contributed by atoms with E-state index in [1.807, 2.05) is 6.92 Å². The molecule has 2 aromatic rings. The van der Waals surface area contributed by atoms with Gasteiger partial charge >= 0.3 is 0 Å². The summed E-state index contributed by atoms with van der Waals surface area (Å²) in [4.78, 5) is 28.8. The third-order valence-corrected chi connectivity index (χ3v) is 5.16. The quantitative estimate of drug-likeness (QED) is 0.668. The lowest BCUT2D eigenvalue weighted by Gasteiger charge is -2.28. The maximum Gasteiger partial charge on any atom is 0.279 e. The minimum absolute atomic E-state index is 0.0508. The second-order valence-electron chi connectivity index (χ2n) is 5.39. The Morgan fingerprint density at radius 1 is 1.42 bits per heavy atom. The predicted molar refractivity (Wildman–Crippen MR) is 92.4 cm³/mol. The highest BCUT2D eigenvalue weighted by atomic mass is 35.5. The van der Waals surface area contributed by atoms with Crippen molar-refractivity contribution in [1.82, 2.24) is 9.55 Å². The fourth-order valence-electron chi connectivity index (χ4n) is 2.88. The van der Waals surface area contributed by atoms with Crippen molar-refractivity contribution in [3.05, 3.63) is 50.5 Å². The summed E-state index contributed by atoms with van der Waals surface area (Å²) in [6, 6.07) is 4.31. The van der Waals surface area contributed by atoms with Crippen LogP contribution in [-0.2, 0) is 11.8 Å². The summed E-state index contributed by atoms with van der Waals surface area (Å²) in [5.41, 5.74) is -0.0435. The highest BCUT2D eigenvalue weighted by Gasteiger charge is 2.34. The Hall–Kier alpha value is -1.86. The number of nitrogens with one attached hydrogen (secondary N) is 1. The summed E-state index contributed by atoms with van der Waals surface area (Å²) in [6.07, 6.45) is -0.0508. The van der Waals surface area contributed by atoms with Crippen molar-refractivity contribution in [2.75, 3.05) is 11.1 Å². The first-order chi connectivity index (χ1) is 11.4. The van der Waals surface area contributed by atoms with Gasteiger partial charge in [0.05, 0.1) is 5.56 Å².